The number of nitriles is 1. The van der Waals surface area contributed by atoms with Crippen LogP contribution in [-0.2, 0) is 19.6 Å². The van der Waals surface area contributed by atoms with Gasteiger partial charge in [-0.2, -0.15) is 9.57 Å². The average Bonchev–Trinajstić information content (AvgIpc) is 2.82. The first-order valence-corrected chi connectivity index (χ1v) is 12.2. The van der Waals surface area contributed by atoms with Crippen molar-refractivity contribution in [3.63, 3.8) is 0 Å². The predicted octanol–water partition coefficient (Wildman–Crippen LogP) is 2.53. The summed E-state index contributed by atoms with van der Waals surface area (Å²) in [5, 5.41) is 14.1. The molecule has 178 valence electrons. The van der Waals surface area contributed by atoms with Crippen molar-refractivity contribution in [1.82, 2.24) is 9.62 Å². The van der Waals surface area contributed by atoms with Crippen molar-refractivity contribution in [2.45, 2.75) is 30.7 Å². The zero-order chi connectivity index (χ0) is 24.6. The molecule has 1 saturated heterocycles. The van der Waals surface area contributed by atoms with Crippen molar-refractivity contribution in [3.05, 3.63) is 60.2 Å². The minimum Gasteiger partial charge on any atom is -0.479 e. The topological polar surface area (TPSA) is 129 Å². The molecular weight excluding hydrogens is 456 g/mol. The third-order valence-corrected chi connectivity index (χ3v) is 7.14. The highest BCUT2D eigenvalue weighted by Gasteiger charge is 2.29. The lowest BCUT2D eigenvalue weighted by Gasteiger charge is -2.31. The van der Waals surface area contributed by atoms with Crippen molar-refractivity contribution in [2.75, 3.05) is 25.0 Å². The molecule has 0 atom stereocenters. The van der Waals surface area contributed by atoms with Gasteiger partial charge in [0.15, 0.2) is 6.61 Å². The van der Waals surface area contributed by atoms with E-state index < -0.39 is 10.0 Å². The van der Waals surface area contributed by atoms with Gasteiger partial charge in [-0.3, -0.25) is 9.59 Å². The van der Waals surface area contributed by atoms with Gasteiger partial charge < -0.3 is 15.4 Å². The summed E-state index contributed by atoms with van der Waals surface area (Å²) in [5.41, 5.74) is 1.34. The number of sulfonamides is 1. The summed E-state index contributed by atoms with van der Waals surface area (Å²) < 4.78 is 32.4. The molecular formula is C24H26N4O5S. The van der Waals surface area contributed by atoms with Gasteiger partial charge in [-0.05, 0) is 60.9 Å². The highest BCUT2D eigenvalue weighted by molar-refractivity contribution is 7.89. The third kappa shape index (κ3) is 6.91. The number of hydrogen-bond donors (Lipinski definition) is 2. The standard InChI is InChI=1S/C24H26N4O5S/c1-18(29)26-20-5-9-23(10-6-20)34(31,32)28-15-12-21(13-16-28)27-24(30)11-4-19-2-7-22(8-3-19)33-17-14-25/h2-11,21H,12-13,15-17H2,1H3,(H,26,29)(H,27,30)/b11-4+. The molecule has 2 amide bonds. The lowest BCUT2D eigenvalue weighted by atomic mass is 10.1. The summed E-state index contributed by atoms with van der Waals surface area (Å²) in [4.78, 5) is 23.6. The minimum absolute atomic E-state index is 0.0252. The Morgan fingerprint density at radius 1 is 1.12 bits per heavy atom. The summed E-state index contributed by atoms with van der Waals surface area (Å²) in [6.45, 7) is 1.96. The van der Waals surface area contributed by atoms with Gasteiger partial charge in [0, 0.05) is 37.8 Å². The van der Waals surface area contributed by atoms with Gasteiger partial charge in [0.2, 0.25) is 21.8 Å². The number of ether oxygens (including phenoxy) is 1. The van der Waals surface area contributed by atoms with E-state index in [1.54, 1.807) is 42.5 Å². The van der Waals surface area contributed by atoms with Crippen LogP contribution in [0.15, 0.2) is 59.5 Å². The minimum atomic E-state index is -3.65. The van der Waals surface area contributed by atoms with Crippen molar-refractivity contribution in [2.24, 2.45) is 0 Å². The number of nitrogens with zero attached hydrogens (tertiary/aromatic N) is 2. The molecule has 1 fully saturated rings. The summed E-state index contributed by atoms with van der Waals surface area (Å²) >= 11 is 0. The number of piperidine rings is 1. The Morgan fingerprint density at radius 3 is 2.35 bits per heavy atom. The van der Waals surface area contributed by atoms with E-state index >= 15 is 0 Å². The molecule has 0 bridgehead atoms. The molecule has 0 unspecified atom stereocenters. The Balaban J connectivity index is 1.49. The van der Waals surface area contributed by atoms with Crippen molar-refractivity contribution < 1.29 is 22.7 Å². The Kier molecular flexibility index (Phi) is 8.40. The average molecular weight is 483 g/mol. The fourth-order valence-electron chi connectivity index (χ4n) is 3.52. The van der Waals surface area contributed by atoms with Crippen LogP contribution in [0.4, 0.5) is 5.69 Å². The van der Waals surface area contributed by atoms with Crippen molar-refractivity contribution in [3.8, 4) is 11.8 Å². The summed E-state index contributed by atoms with van der Waals surface area (Å²) in [6.07, 6.45) is 4.12. The molecule has 1 aliphatic rings. The predicted molar refractivity (Wildman–Crippen MR) is 127 cm³/mol. The number of carbonyl (C=O) groups is 2. The second-order valence-corrected chi connectivity index (χ2v) is 9.68. The number of benzene rings is 2. The van der Waals surface area contributed by atoms with Crippen molar-refractivity contribution >= 4 is 33.6 Å². The van der Waals surface area contributed by atoms with Crippen LogP contribution in [0.2, 0.25) is 0 Å². The second-order valence-electron chi connectivity index (χ2n) is 7.74. The summed E-state index contributed by atoms with van der Waals surface area (Å²) in [7, 11) is -3.65. The molecule has 1 aliphatic heterocycles. The highest BCUT2D eigenvalue weighted by atomic mass is 32.2. The second kappa shape index (κ2) is 11.4. The normalized spacial score (nSPS) is 14.9. The zero-order valence-corrected chi connectivity index (χ0v) is 19.5. The van der Waals surface area contributed by atoms with Crippen LogP contribution < -0.4 is 15.4 Å². The first-order valence-electron chi connectivity index (χ1n) is 10.7. The van der Waals surface area contributed by atoms with E-state index in [1.165, 1.54) is 29.4 Å². The fraction of sp³-hybridized carbons (Fsp3) is 0.292. The maximum Gasteiger partial charge on any atom is 0.244 e. The maximum atomic E-state index is 12.9. The van der Waals surface area contributed by atoms with Gasteiger partial charge in [-0.25, -0.2) is 8.42 Å². The molecule has 3 rings (SSSR count). The molecule has 1 heterocycles. The monoisotopic (exact) mass is 482 g/mol. The lowest BCUT2D eigenvalue weighted by Crippen LogP contribution is -2.46. The van der Waals surface area contributed by atoms with E-state index in [9.17, 15) is 18.0 Å². The van der Waals surface area contributed by atoms with Crippen molar-refractivity contribution in [1.29, 1.82) is 5.26 Å². The zero-order valence-electron chi connectivity index (χ0n) is 18.7. The Morgan fingerprint density at radius 2 is 1.76 bits per heavy atom. The van der Waals surface area contributed by atoms with Crippen LogP contribution in [0.3, 0.4) is 0 Å². The Bertz CT molecular complexity index is 1180. The number of rotatable bonds is 8. The first-order chi connectivity index (χ1) is 16.3. The van der Waals surface area contributed by atoms with Crippen LogP contribution in [0.1, 0.15) is 25.3 Å². The molecule has 0 spiro atoms. The quantitative estimate of drug-likeness (QED) is 0.557. The van der Waals surface area contributed by atoms with Crippen LogP contribution in [-0.4, -0.2) is 50.3 Å². The number of anilines is 1. The van der Waals surface area contributed by atoms with Gasteiger partial charge in [0.05, 0.1) is 4.90 Å². The van der Waals surface area contributed by atoms with E-state index in [4.69, 9.17) is 10.00 Å². The molecule has 34 heavy (non-hydrogen) atoms. The smallest absolute Gasteiger partial charge is 0.244 e. The van der Waals surface area contributed by atoms with E-state index in [1.807, 2.05) is 6.07 Å². The lowest BCUT2D eigenvalue weighted by molar-refractivity contribution is -0.117. The van der Waals surface area contributed by atoms with Gasteiger partial charge in [0.1, 0.15) is 11.8 Å². The molecule has 0 radical (unpaired) electrons. The van der Waals surface area contributed by atoms with Gasteiger partial charge in [0.25, 0.3) is 0 Å². The Hall–Kier alpha value is -3.68. The van der Waals surface area contributed by atoms with Gasteiger partial charge in [-0.1, -0.05) is 12.1 Å². The number of hydrogen-bond acceptors (Lipinski definition) is 6. The van der Waals surface area contributed by atoms with Crippen LogP contribution >= 0.6 is 0 Å². The van der Waals surface area contributed by atoms with E-state index in [2.05, 4.69) is 10.6 Å². The Labute approximate surface area is 199 Å². The molecule has 2 aromatic carbocycles. The van der Waals surface area contributed by atoms with Crippen LogP contribution in [0.25, 0.3) is 6.08 Å². The number of amides is 2. The van der Waals surface area contributed by atoms with E-state index in [-0.39, 0.29) is 29.4 Å². The number of carbonyl (C=O) groups excluding carboxylic acids is 2. The molecule has 0 aliphatic carbocycles. The number of nitrogens with one attached hydrogen (secondary N) is 2. The summed E-state index contributed by atoms with van der Waals surface area (Å²) in [5.74, 6) is 0.0993. The van der Waals surface area contributed by atoms with Gasteiger partial charge in [-0.15, -0.1) is 0 Å². The van der Waals surface area contributed by atoms with Crippen LogP contribution in [0.5, 0.6) is 5.75 Å². The third-order valence-electron chi connectivity index (χ3n) is 5.22. The van der Waals surface area contributed by atoms with Crippen LogP contribution in [0, 0.1) is 11.3 Å². The molecule has 10 heteroatoms. The molecule has 9 nitrogen and oxygen atoms in total. The van der Waals surface area contributed by atoms with Gasteiger partial charge >= 0.3 is 0 Å². The fourth-order valence-corrected chi connectivity index (χ4v) is 4.98. The highest BCUT2D eigenvalue weighted by Crippen LogP contribution is 2.22. The molecule has 0 saturated carbocycles. The first kappa shape index (κ1) is 25.0. The largest absolute Gasteiger partial charge is 0.479 e. The van der Waals surface area contributed by atoms with E-state index in [0.29, 0.717) is 37.4 Å². The van der Waals surface area contributed by atoms with E-state index in [0.717, 1.165) is 5.56 Å². The molecule has 2 aromatic rings. The molecule has 0 aromatic heterocycles. The molecule has 2 N–H and O–H groups in total. The maximum absolute atomic E-state index is 12.9. The summed E-state index contributed by atoms with van der Waals surface area (Å²) in [6, 6.07) is 14.8. The SMILES string of the molecule is CC(=O)Nc1ccc(S(=O)(=O)N2CCC(NC(=O)/C=C/c3ccc(OCC#N)cc3)CC2)cc1.